The van der Waals surface area contributed by atoms with Crippen molar-refractivity contribution in [2.75, 3.05) is 26.2 Å². The summed E-state index contributed by atoms with van der Waals surface area (Å²) in [5.41, 5.74) is 0.717. The lowest BCUT2D eigenvalue weighted by Crippen LogP contribution is -3.14. The van der Waals surface area contributed by atoms with Gasteiger partial charge in [-0.2, -0.15) is 0 Å². The molecule has 3 fully saturated rings. The molecule has 3 N–H and O–H groups in total. The highest BCUT2D eigenvalue weighted by Crippen LogP contribution is 2.35. The molecular weight excluding hydrogens is 354 g/mol. The van der Waals surface area contributed by atoms with E-state index in [-0.39, 0.29) is 18.5 Å². The Balaban J connectivity index is 1.23. The number of piperidine rings is 1. The van der Waals surface area contributed by atoms with Crippen LogP contribution in [0.5, 0.6) is 0 Å². The molecule has 152 valence electrons. The quantitative estimate of drug-likeness (QED) is 0.632. The molecular formula is C22H32N3O3+. The molecule has 6 heteroatoms. The number of quaternary nitrogens is 1. The first-order valence-electron chi connectivity index (χ1n) is 10.8. The van der Waals surface area contributed by atoms with E-state index in [2.05, 4.69) is 35.6 Å². The number of hydrogen-bond acceptors (Lipinski definition) is 3. The van der Waals surface area contributed by atoms with E-state index in [1.807, 2.05) is 0 Å². The molecule has 1 aliphatic carbocycles. The van der Waals surface area contributed by atoms with E-state index in [0.717, 1.165) is 58.0 Å². The molecule has 4 rings (SSSR count). The number of likely N-dealkylation sites (tertiary alicyclic amines) is 1. The average Bonchev–Trinajstić information content (AvgIpc) is 3.25. The first-order valence-corrected chi connectivity index (χ1v) is 10.8. The van der Waals surface area contributed by atoms with E-state index in [9.17, 15) is 14.7 Å². The van der Waals surface area contributed by atoms with Crippen LogP contribution < -0.4 is 10.2 Å². The second-order valence-corrected chi connectivity index (χ2v) is 8.88. The number of benzene rings is 1. The van der Waals surface area contributed by atoms with E-state index < -0.39 is 11.6 Å². The van der Waals surface area contributed by atoms with Gasteiger partial charge in [0.2, 0.25) is 0 Å². The van der Waals surface area contributed by atoms with Crippen LogP contribution in [0.1, 0.15) is 44.1 Å². The lowest BCUT2D eigenvalue weighted by Gasteiger charge is -2.31. The number of urea groups is 1. The van der Waals surface area contributed by atoms with Gasteiger partial charge in [0.15, 0.2) is 0 Å². The smallest absolute Gasteiger partial charge is 0.325 e. The third-order valence-electron chi connectivity index (χ3n) is 6.80. The predicted molar refractivity (Wildman–Crippen MR) is 106 cm³/mol. The zero-order valence-corrected chi connectivity index (χ0v) is 16.5. The van der Waals surface area contributed by atoms with Gasteiger partial charge in [-0.05, 0) is 43.6 Å². The molecule has 2 heterocycles. The Morgan fingerprint density at radius 3 is 2.50 bits per heavy atom. The number of carbonyl (C=O) groups excluding carboxylic acids is 2. The van der Waals surface area contributed by atoms with Crippen LogP contribution in [-0.4, -0.2) is 59.8 Å². The van der Waals surface area contributed by atoms with Crippen LogP contribution in [0.3, 0.4) is 0 Å². The molecule has 1 saturated carbocycles. The molecule has 0 unspecified atom stereocenters. The first-order chi connectivity index (χ1) is 13.6. The highest BCUT2D eigenvalue weighted by Gasteiger charge is 2.52. The summed E-state index contributed by atoms with van der Waals surface area (Å²) >= 11 is 0. The van der Waals surface area contributed by atoms with E-state index >= 15 is 0 Å². The number of hydrogen-bond donors (Lipinski definition) is 3. The summed E-state index contributed by atoms with van der Waals surface area (Å²) in [6.45, 7) is 2.79. The van der Waals surface area contributed by atoms with Crippen molar-refractivity contribution in [1.82, 2.24) is 10.2 Å². The van der Waals surface area contributed by atoms with Crippen molar-refractivity contribution < 1.29 is 19.6 Å². The van der Waals surface area contributed by atoms with Crippen molar-refractivity contribution in [3.05, 3.63) is 35.9 Å². The SMILES string of the molecule is O=C1NC2(CCCC2)C(=O)N1C[C@@H](O)C[NH+]1CCC(Cc2ccccc2)CC1. The van der Waals surface area contributed by atoms with Crippen LogP contribution in [-0.2, 0) is 11.2 Å². The maximum absolute atomic E-state index is 12.7. The number of rotatable bonds is 6. The number of nitrogens with one attached hydrogen (secondary N) is 2. The number of amides is 3. The van der Waals surface area contributed by atoms with Gasteiger partial charge in [-0.15, -0.1) is 0 Å². The monoisotopic (exact) mass is 386 g/mol. The van der Waals surface area contributed by atoms with Crippen LogP contribution in [0.15, 0.2) is 30.3 Å². The van der Waals surface area contributed by atoms with Gasteiger partial charge in [0.1, 0.15) is 18.2 Å². The van der Waals surface area contributed by atoms with Gasteiger partial charge in [-0.25, -0.2) is 4.79 Å². The van der Waals surface area contributed by atoms with Crippen molar-refractivity contribution in [2.24, 2.45) is 5.92 Å². The van der Waals surface area contributed by atoms with Crippen LogP contribution in [0.4, 0.5) is 4.79 Å². The lowest BCUT2D eigenvalue weighted by molar-refractivity contribution is -0.909. The van der Waals surface area contributed by atoms with Gasteiger partial charge in [-0.1, -0.05) is 43.2 Å². The van der Waals surface area contributed by atoms with E-state index in [4.69, 9.17) is 0 Å². The standard InChI is InChI=1S/C22H31N3O3/c26-19(16-25-20(27)22(23-21(25)28)10-4-5-11-22)15-24-12-8-18(9-13-24)14-17-6-2-1-3-7-17/h1-3,6-7,18-19,26H,4-5,8-16H2,(H,23,28)/p+1/t19-/m0/s1. The molecule has 1 spiro atoms. The Kier molecular flexibility index (Phi) is 5.69. The van der Waals surface area contributed by atoms with Crippen molar-refractivity contribution in [3.8, 4) is 0 Å². The number of imide groups is 1. The first kappa shape index (κ1) is 19.4. The summed E-state index contributed by atoms with van der Waals surface area (Å²) in [6.07, 6.45) is 6.18. The molecule has 0 bridgehead atoms. The van der Waals surface area contributed by atoms with Crippen LogP contribution in [0, 0.1) is 5.92 Å². The normalized spacial score (nSPS) is 28.0. The van der Waals surface area contributed by atoms with Crippen molar-refractivity contribution in [2.45, 2.75) is 56.6 Å². The molecule has 1 atom stereocenters. The maximum atomic E-state index is 12.7. The zero-order chi connectivity index (χ0) is 19.6. The minimum Gasteiger partial charge on any atom is -0.385 e. The van der Waals surface area contributed by atoms with Gasteiger partial charge in [0.25, 0.3) is 5.91 Å². The third-order valence-corrected chi connectivity index (χ3v) is 6.80. The molecule has 0 aromatic heterocycles. The average molecular weight is 387 g/mol. The van der Waals surface area contributed by atoms with Crippen LogP contribution >= 0.6 is 0 Å². The number of aliphatic hydroxyl groups is 1. The Bertz CT molecular complexity index is 694. The maximum Gasteiger partial charge on any atom is 0.325 e. The fraction of sp³-hybridized carbons (Fsp3) is 0.636. The van der Waals surface area contributed by atoms with Gasteiger partial charge < -0.3 is 15.3 Å². The predicted octanol–water partition coefficient (Wildman–Crippen LogP) is 0.750. The van der Waals surface area contributed by atoms with Gasteiger partial charge in [0, 0.05) is 0 Å². The Morgan fingerprint density at radius 1 is 1.14 bits per heavy atom. The van der Waals surface area contributed by atoms with E-state index in [0.29, 0.717) is 12.5 Å². The highest BCUT2D eigenvalue weighted by molar-refractivity contribution is 6.07. The summed E-state index contributed by atoms with van der Waals surface area (Å²) < 4.78 is 0. The second kappa shape index (κ2) is 8.21. The summed E-state index contributed by atoms with van der Waals surface area (Å²) in [5, 5.41) is 13.4. The summed E-state index contributed by atoms with van der Waals surface area (Å²) in [7, 11) is 0. The van der Waals surface area contributed by atoms with Crippen LogP contribution in [0.25, 0.3) is 0 Å². The molecule has 1 aromatic rings. The Morgan fingerprint density at radius 2 is 1.82 bits per heavy atom. The fourth-order valence-electron chi connectivity index (χ4n) is 5.21. The summed E-state index contributed by atoms with van der Waals surface area (Å²) in [5.74, 6) is 0.571. The minimum absolute atomic E-state index is 0.114. The van der Waals surface area contributed by atoms with Gasteiger partial charge >= 0.3 is 6.03 Å². The largest absolute Gasteiger partial charge is 0.385 e. The van der Waals surface area contributed by atoms with Gasteiger partial charge in [0.05, 0.1) is 19.6 Å². The van der Waals surface area contributed by atoms with E-state index in [1.165, 1.54) is 15.4 Å². The van der Waals surface area contributed by atoms with Crippen LogP contribution in [0.2, 0.25) is 0 Å². The Labute approximate surface area is 166 Å². The van der Waals surface area contributed by atoms with Crippen molar-refractivity contribution >= 4 is 11.9 Å². The number of aliphatic hydroxyl groups excluding tert-OH is 1. The third kappa shape index (κ3) is 4.08. The molecule has 1 aromatic carbocycles. The van der Waals surface area contributed by atoms with Crippen molar-refractivity contribution in [1.29, 1.82) is 0 Å². The fourth-order valence-corrected chi connectivity index (χ4v) is 5.21. The molecule has 28 heavy (non-hydrogen) atoms. The summed E-state index contributed by atoms with van der Waals surface area (Å²) in [4.78, 5) is 27.6. The summed E-state index contributed by atoms with van der Waals surface area (Å²) in [6, 6.07) is 10.3. The Hall–Kier alpha value is -1.92. The lowest BCUT2D eigenvalue weighted by atomic mass is 9.90. The number of β-amino-alcohol motifs (C(OH)–C–C–N with tert-alkyl or cyclic N) is 1. The zero-order valence-electron chi connectivity index (χ0n) is 16.5. The highest BCUT2D eigenvalue weighted by atomic mass is 16.3. The molecule has 3 aliphatic rings. The number of carbonyl (C=O) groups is 2. The molecule has 3 amide bonds. The topological polar surface area (TPSA) is 74.1 Å². The number of nitrogens with zero attached hydrogens (tertiary/aromatic N) is 1. The van der Waals surface area contributed by atoms with E-state index in [1.54, 1.807) is 0 Å². The van der Waals surface area contributed by atoms with Gasteiger partial charge in [-0.3, -0.25) is 9.69 Å². The van der Waals surface area contributed by atoms with Crippen molar-refractivity contribution in [3.63, 3.8) is 0 Å². The second-order valence-electron chi connectivity index (χ2n) is 8.88. The molecule has 2 aliphatic heterocycles. The molecule has 2 saturated heterocycles. The molecule has 6 nitrogen and oxygen atoms in total. The molecule has 0 radical (unpaired) electrons. The minimum atomic E-state index is -0.681.